The van der Waals surface area contributed by atoms with Crippen LogP contribution in [-0.2, 0) is 16.8 Å². The number of hydrogen-bond donors (Lipinski definition) is 2. The van der Waals surface area contributed by atoms with Gasteiger partial charge in [-0.3, -0.25) is 14.5 Å². The van der Waals surface area contributed by atoms with Crippen molar-refractivity contribution in [2.75, 3.05) is 6.54 Å². The first-order valence-electron chi connectivity index (χ1n) is 8.51. The molecule has 0 bridgehead atoms. The maximum Gasteiger partial charge on any atom is 0.325 e. The molecule has 1 aromatic heterocycles. The fraction of sp³-hybridized carbons (Fsp3) is 0.316. The maximum atomic E-state index is 13.2. The number of ketones is 1. The molecule has 0 saturated carbocycles. The second-order valence-corrected chi connectivity index (χ2v) is 6.60. The Hall–Kier alpha value is -2.89. The lowest BCUT2D eigenvalue weighted by molar-refractivity contribution is -0.131. The monoisotopic (exact) mass is 337 g/mol. The summed E-state index contributed by atoms with van der Waals surface area (Å²) >= 11 is 0. The molecule has 3 amide bonds. The molecule has 6 heteroatoms. The van der Waals surface area contributed by atoms with Gasteiger partial charge in [0.05, 0.1) is 12.2 Å². The van der Waals surface area contributed by atoms with Gasteiger partial charge in [0.2, 0.25) is 0 Å². The number of H-pyrrole nitrogens is 1. The quantitative estimate of drug-likeness (QED) is 0.666. The summed E-state index contributed by atoms with van der Waals surface area (Å²) in [5, 5.41) is 2.89. The molecule has 1 saturated heterocycles. The van der Waals surface area contributed by atoms with Gasteiger partial charge < -0.3 is 10.3 Å². The Balaban J connectivity index is 1.68. The van der Waals surface area contributed by atoms with Gasteiger partial charge in [-0.2, -0.15) is 0 Å². The van der Waals surface area contributed by atoms with E-state index in [1.165, 1.54) is 0 Å². The summed E-state index contributed by atoms with van der Waals surface area (Å²) in [7, 11) is 0. The number of benzene rings is 1. The number of Topliss-reactive ketones (excluding diaryl/α,β-unsaturated/α-hetero) is 1. The summed E-state index contributed by atoms with van der Waals surface area (Å²) < 4.78 is 0. The molecule has 2 heterocycles. The molecule has 1 aromatic carbocycles. The van der Waals surface area contributed by atoms with Crippen molar-refractivity contribution < 1.29 is 14.4 Å². The first-order chi connectivity index (χ1) is 12.1. The standard InChI is InChI=1S/C19H19N3O3/c23-16(15-9-5-11-20-15)12-22-17(24)19(21-18(22)25)10-4-3-7-13-6-1-2-8-14(13)19/h1-2,5-6,8-9,11,20H,3-4,7,10,12H2,(H,21,25)/t19-/m1/s1. The molecule has 1 spiro atoms. The van der Waals surface area contributed by atoms with Crippen LogP contribution >= 0.6 is 0 Å². The molecule has 2 aromatic rings. The highest BCUT2D eigenvalue weighted by Crippen LogP contribution is 2.38. The van der Waals surface area contributed by atoms with Gasteiger partial charge in [0, 0.05) is 6.20 Å². The molecule has 6 nitrogen and oxygen atoms in total. The Morgan fingerprint density at radius 2 is 1.96 bits per heavy atom. The average Bonchev–Trinajstić information content (AvgIpc) is 3.18. The van der Waals surface area contributed by atoms with Gasteiger partial charge in [0.1, 0.15) is 5.54 Å². The van der Waals surface area contributed by atoms with Crippen molar-refractivity contribution in [2.45, 2.75) is 31.2 Å². The Labute approximate surface area is 145 Å². The van der Waals surface area contributed by atoms with E-state index in [1.807, 2.05) is 24.3 Å². The molecule has 1 atom stereocenters. The van der Waals surface area contributed by atoms with Crippen molar-refractivity contribution in [3.05, 3.63) is 59.4 Å². The summed E-state index contributed by atoms with van der Waals surface area (Å²) in [6, 6.07) is 10.6. The minimum absolute atomic E-state index is 0.255. The number of aromatic amines is 1. The van der Waals surface area contributed by atoms with Crippen molar-refractivity contribution in [1.82, 2.24) is 15.2 Å². The number of rotatable bonds is 3. The summed E-state index contributed by atoms with van der Waals surface area (Å²) in [4.78, 5) is 41.9. The predicted molar refractivity (Wildman–Crippen MR) is 91.0 cm³/mol. The Morgan fingerprint density at radius 1 is 1.12 bits per heavy atom. The number of nitrogens with one attached hydrogen (secondary N) is 2. The van der Waals surface area contributed by atoms with Crippen LogP contribution in [0.5, 0.6) is 0 Å². The lowest BCUT2D eigenvalue weighted by Crippen LogP contribution is -2.44. The van der Waals surface area contributed by atoms with Crippen LogP contribution in [0.1, 0.15) is 40.9 Å². The molecular formula is C19H19N3O3. The zero-order valence-electron chi connectivity index (χ0n) is 13.7. The van der Waals surface area contributed by atoms with E-state index < -0.39 is 11.6 Å². The van der Waals surface area contributed by atoms with Crippen LogP contribution in [-0.4, -0.2) is 34.2 Å². The maximum absolute atomic E-state index is 13.2. The fourth-order valence-electron chi connectivity index (χ4n) is 3.85. The number of aryl methyl sites for hydroxylation is 1. The van der Waals surface area contributed by atoms with Crippen LogP contribution in [0.15, 0.2) is 42.6 Å². The van der Waals surface area contributed by atoms with Crippen molar-refractivity contribution in [1.29, 1.82) is 0 Å². The van der Waals surface area contributed by atoms with Gasteiger partial charge in [0.25, 0.3) is 5.91 Å². The third kappa shape index (κ3) is 2.45. The SMILES string of the molecule is O=C(CN1C(=O)N[C@@]2(CCCCc3ccccc32)C1=O)c1ccc[nH]1. The summed E-state index contributed by atoms with van der Waals surface area (Å²) in [5.74, 6) is -0.612. The number of imide groups is 1. The lowest BCUT2D eigenvalue weighted by atomic mass is 9.84. The van der Waals surface area contributed by atoms with Crippen LogP contribution in [0, 0.1) is 0 Å². The molecule has 1 aliphatic carbocycles. The third-order valence-electron chi connectivity index (χ3n) is 5.10. The Bertz CT molecular complexity index is 843. The highest BCUT2D eigenvalue weighted by Gasteiger charge is 2.53. The number of aromatic nitrogens is 1. The van der Waals surface area contributed by atoms with E-state index in [4.69, 9.17) is 0 Å². The summed E-state index contributed by atoms with van der Waals surface area (Å²) in [5.41, 5.74) is 1.30. The molecule has 0 unspecified atom stereocenters. The van der Waals surface area contributed by atoms with Gasteiger partial charge >= 0.3 is 6.03 Å². The van der Waals surface area contributed by atoms with E-state index in [-0.39, 0.29) is 18.2 Å². The van der Waals surface area contributed by atoms with Gasteiger partial charge in [0.15, 0.2) is 5.78 Å². The number of carbonyl (C=O) groups is 3. The number of nitrogens with zero attached hydrogens (tertiary/aromatic N) is 1. The molecule has 2 N–H and O–H groups in total. The molecule has 0 radical (unpaired) electrons. The topological polar surface area (TPSA) is 82.3 Å². The zero-order valence-corrected chi connectivity index (χ0v) is 13.7. The Morgan fingerprint density at radius 3 is 2.76 bits per heavy atom. The van der Waals surface area contributed by atoms with E-state index in [2.05, 4.69) is 10.3 Å². The minimum atomic E-state index is -1.04. The minimum Gasteiger partial charge on any atom is -0.359 e. The number of carbonyl (C=O) groups excluding carboxylic acids is 3. The number of amides is 3. The summed E-state index contributed by atoms with van der Waals surface area (Å²) in [6.07, 6.45) is 4.91. The first kappa shape index (κ1) is 15.6. The zero-order chi connectivity index (χ0) is 17.4. The molecule has 1 aliphatic heterocycles. The third-order valence-corrected chi connectivity index (χ3v) is 5.10. The van der Waals surface area contributed by atoms with E-state index in [9.17, 15) is 14.4 Å². The van der Waals surface area contributed by atoms with Gasteiger partial charge in [-0.05, 0) is 48.9 Å². The van der Waals surface area contributed by atoms with Gasteiger partial charge in [-0.15, -0.1) is 0 Å². The highest BCUT2D eigenvalue weighted by atomic mass is 16.2. The van der Waals surface area contributed by atoms with Crippen molar-refractivity contribution in [3.63, 3.8) is 0 Å². The van der Waals surface area contributed by atoms with E-state index >= 15 is 0 Å². The summed E-state index contributed by atoms with van der Waals surface area (Å²) in [6.45, 7) is -0.255. The van der Waals surface area contributed by atoms with Crippen molar-refractivity contribution in [2.24, 2.45) is 0 Å². The second kappa shape index (κ2) is 5.88. The smallest absolute Gasteiger partial charge is 0.325 e. The van der Waals surface area contributed by atoms with Crippen LogP contribution in [0.3, 0.4) is 0 Å². The highest BCUT2D eigenvalue weighted by molar-refractivity contribution is 6.11. The van der Waals surface area contributed by atoms with Gasteiger partial charge in [-0.1, -0.05) is 24.3 Å². The number of urea groups is 1. The van der Waals surface area contributed by atoms with Crippen LogP contribution < -0.4 is 5.32 Å². The molecule has 2 aliphatic rings. The van der Waals surface area contributed by atoms with Crippen LogP contribution in [0.2, 0.25) is 0 Å². The number of hydrogen-bond acceptors (Lipinski definition) is 3. The van der Waals surface area contributed by atoms with Gasteiger partial charge in [-0.25, -0.2) is 4.79 Å². The van der Waals surface area contributed by atoms with E-state index in [0.717, 1.165) is 35.3 Å². The molecule has 25 heavy (non-hydrogen) atoms. The van der Waals surface area contributed by atoms with E-state index in [1.54, 1.807) is 18.3 Å². The molecule has 128 valence electrons. The van der Waals surface area contributed by atoms with Crippen molar-refractivity contribution in [3.8, 4) is 0 Å². The first-order valence-corrected chi connectivity index (χ1v) is 8.51. The largest absolute Gasteiger partial charge is 0.359 e. The predicted octanol–water partition coefficient (Wildman–Crippen LogP) is 2.37. The average molecular weight is 337 g/mol. The Kier molecular flexibility index (Phi) is 3.67. The second-order valence-electron chi connectivity index (χ2n) is 6.60. The number of fused-ring (bicyclic) bond motifs is 2. The van der Waals surface area contributed by atoms with Crippen molar-refractivity contribution >= 4 is 17.7 Å². The normalized spacial score (nSPS) is 22.6. The van der Waals surface area contributed by atoms with E-state index in [0.29, 0.717) is 12.1 Å². The molecular weight excluding hydrogens is 318 g/mol. The lowest BCUT2D eigenvalue weighted by Gasteiger charge is -2.27. The molecule has 1 fully saturated rings. The fourth-order valence-corrected chi connectivity index (χ4v) is 3.85. The molecule has 4 rings (SSSR count). The van der Waals surface area contributed by atoms with Crippen LogP contribution in [0.4, 0.5) is 4.79 Å². The van der Waals surface area contributed by atoms with Crippen LogP contribution in [0.25, 0.3) is 0 Å².